The van der Waals surface area contributed by atoms with Crippen LogP contribution in [0.1, 0.15) is 10.4 Å². The van der Waals surface area contributed by atoms with Gasteiger partial charge in [-0.15, -0.1) is 0 Å². The van der Waals surface area contributed by atoms with Crippen molar-refractivity contribution in [3.05, 3.63) is 29.8 Å². The number of hydrogen-bond donors (Lipinski definition) is 0. The first kappa shape index (κ1) is 12.7. The van der Waals surface area contributed by atoms with E-state index in [0.717, 1.165) is 0 Å². The molecule has 0 spiro atoms. The van der Waals surface area contributed by atoms with Gasteiger partial charge in [-0.2, -0.15) is 5.26 Å². The molecule has 0 aliphatic rings. The molecule has 1 aromatic carbocycles. The first-order chi connectivity index (χ1) is 7.45. The average molecular weight is 304 g/mol. The Bertz CT molecular complexity index is 530. The summed E-state index contributed by atoms with van der Waals surface area (Å²) in [6, 6.07) is 5.31. The van der Waals surface area contributed by atoms with Crippen molar-refractivity contribution >= 4 is 28.9 Å². The van der Waals surface area contributed by atoms with Crippen LogP contribution in [0.2, 0.25) is 0 Å². The van der Waals surface area contributed by atoms with E-state index in [1.54, 1.807) is 0 Å². The number of nitriles is 1. The number of carbonyl (C=O) groups is 1. The smallest absolute Gasteiger partial charge is 0.286 e. The van der Waals surface area contributed by atoms with Crippen molar-refractivity contribution in [2.24, 2.45) is 0 Å². The van der Waals surface area contributed by atoms with Gasteiger partial charge in [0.05, 0.1) is 19.7 Å². The Morgan fingerprint density at radius 1 is 1.38 bits per heavy atom. The van der Waals surface area contributed by atoms with Crippen LogP contribution in [0, 0.1) is 11.5 Å². The fourth-order valence-electron chi connectivity index (χ4n) is 0.985. The maximum Gasteiger partial charge on any atom is 0.286 e. The van der Waals surface area contributed by atoms with Crippen LogP contribution in [0.5, 0.6) is 0 Å². The van der Waals surface area contributed by atoms with Crippen molar-refractivity contribution in [1.82, 2.24) is 0 Å². The zero-order valence-electron chi connectivity index (χ0n) is 7.88. The van der Waals surface area contributed by atoms with Crippen molar-refractivity contribution in [2.45, 2.75) is 4.90 Å². The lowest BCUT2D eigenvalue weighted by Crippen LogP contribution is -2.06. The summed E-state index contributed by atoms with van der Waals surface area (Å²) in [7, 11) is -3.44. The van der Waals surface area contributed by atoms with Crippen LogP contribution in [0.15, 0.2) is 29.2 Å². The molecule has 0 atom stereocenters. The summed E-state index contributed by atoms with van der Waals surface area (Å²) in [4.78, 5) is 11.4. The summed E-state index contributed by atoms with van der Waals surface area (Å²) in [6.45, 7) is -0.350. The maximum absolute atomic E-state index is 11.3. The monoisotopic (exact) mass is 303 g/mol. The van der Waals surface area contributed by atoms with Crippen LogP contribution in [0.3, 0.4) is 0 Å². The number of Topliss-reactive ketones (excluding diaryl/α,β-unsaturated/α-hetero) is 1. The number of rotatable bonds is 4. The van der Waals surface area contributed by atoms with Gasteiger partial charge in [-0.05, 0) is 24.3 Å². The van der Waals surface area contributed by atoms with Crippen molar-refractivity contribution < 1.29 is 17.9 Å². The normalized spacial score (nSPS) is 10.5. The highest BCUT2D eigenvalue weighted by atomic mass is 79.9. The van der Waals surface area contributed by atoms with Crippen molar-refractivity contribution in [3.63, 3.8) is 0 Å². The molecule has 16 heavy (non-hydrogen) atoms. The second-order valence-electron chi connectivity index (χ2n) is 2.77. The van der Waals surface area contributed by atoms with Crippen LogP contribution < -0.4 is 0 Å². The highest BCUT2D eigenvalue weighted by Gasteiger charge is 2.11. The number of nitrogens with zero attached hydrogens (tertiary/aromatic N) is 1. The van der Waals surface area contributed by atoms with E-state index in [4.69, 9.17) is 5.26 Å². The van der Waals surface area contributed by atoms with Gasteiger partial charge in [-0.25, -0.2) is 8.42 Å². The molecular weight excluding hydrogens is 298 g/mol. The second-order valence-corrected chi connectivity index (χ2v) is 6.67. The van der Waals surface area contributed by atoms with E-state index in [9.17, 15) is 13.2 Å². The Kier molecular flexibility index (Phi) is 4.04. The summed E-state index contributed by atoms with van der Waals surface area (Å²) >= 11 is 2.51. The molecule has 0 aliphatic heterocycles. The van der Waals surface area contributed by atoms with Gasteiger partial charge in [0.15, 0.2) is 6.61 Å². The van der Waals surface area contributed by atoms with Crippen LogP contribution in [-0.2, 0) is 13.0 Å². The maximum atomic E-state index is 11.3. The third-order valence-corrected chi connectivity index (χ3v) is 3.68. The number of halogens is 1. The van der Waals surface area contributed by atoms with Crippen LogP contribution in [0.4, 0.5) is 0 Å². The topological polar surface area (TPSA) is 84.2 Å². The van der Waals surface area contributed by atoms with Gasteiger partial charge < -0.3 is 4.74 Å². The van der Waals surface area contributed by atoms with Crippen molar-refractivity contribution in [2.75, 3.05) is 6.61 Å². The van der Waals surface area contributed by atoms with E-state index in [1.165, 1.54) is 30.5 Å². The number of ketones is 1. The molecule has 0 aliphatic carbocycles. The zero-order valence-corrected chi connectivity index (χ0v) is 10.3. The molecule has 0 N–H and O–H groups in total. The summed E-state index contributed by atoms with van der Waals surface area (Å²) in [5.74, 6) is -0.389. The molecule has 1 aromatic rings. The Labute approximate surface area is 99.8 Å². The molecule has 84 valence electrons. The minimum Gasteiger partial charge on any atom is -0.419 e. The predicted molar refractivity (Wildman–Crippen MR) is 58.5 cm³/mol. The molecule has 0 fully saturated rings. The molecule has 5 nitrogen and oxygen atoms in total. The molecular formula is C9H6BrNO4S. The summed E-state index contributed by atoms with van der Waals surface area (Å²) in [6.07, 6.45) is 1.38. The predicted octanol–water partition coefficient (Wildman–Crippen LogP) is 1.45. The Hall–Kier alpha value is -1.39. The molecule has 0 aromatic heterocycles. The third kappa shape index (κ3) is 3.32. The Balaban J connectivity index is 2.88. The fourth-order valence-corrected chi connectivity index (χ4v) is 2.09. The minimum absolute atomic E-state index is 0.0604. The summed E-state index contributed by atoms with van der Waals surface area (Å²) in [5, 5.41) is 8.10. The van der Waals surface area contributed by atoms with E-state index in [0.29, 0.717) is 0 Å². The fraction of sp³-hybridized carbons (Fsp3) is 0.111. The molecule has 1 rings (SSSR count). The molecule has 0 amide bonds. The number of hydrogen-bond acceptors (Lipinski definition) is 5. The van der Waals surface area contributed by atoms with Crippen LogP contribution in [0.25, 0.3) is 0 Å². The lowest BCUT2D eigenvalue weighted by Gasteiger charge is -2.00. The molecule has 0 heterocycles. The first-order valence-corrected chi connectivity index (χ1v) is 7.36. The lowest BCUT2D eigenvalue weighted by atomic mass is 10.1. The summed E-state index contributed by atoms with van der Waals surface area (Å²) in [5.41, 5.74) is 0.287. The van der Waals surface area contributed by atoms with Gasteiger partial charge in [0.25, 0.3) is 6.26 Å². The van der Waals surface area contributed by atoms with E-state index < -0.39 is 8.27 Å². The highest BCUT2D eigenvalue weighted by molar-refractivity contribution is 9.47. The summed E-state index contributed by atoms with van der Waals surface area (Å²) < 4.78 is 26.4. The third-order valence-electron chi connectivity index (χ3n) is 1.73. The largest absolute Gasteiger partial charge is 0.419 e. The lowest BCUT2D eigenvalue weighted by molar-refractivity contribution is 0.0898. The number of carbonyl (C=O) groups excluding carboxylic acids is 1. The van der Waals surface area contributed by atoms with E-state index in [1.807, 2.05) is 0 Å². The standard InChI is InChI=1S/C9H6BrNO4S/c10-16(13,14)8-3-1-7(2-4-8)9(12)5-15-6-11/h1-4H,5H2. The van der Waals surface area contributed by atoms with E-state index >= 15 is 0 Å². The van der Waals surface area contributed by atoms with E-state index in [2.05, 4.69) is 19.5 Å². The second kappa shape index (κ2) is 5.09. The van der Waals surface area contributed by atoms with Gasteiger partial charge >= 0.3 is 0 Å². The molecule has 0 saturated carbocycles. The van der Waals surface area contributed by atoms with Crippen molar-refractivity contribution in [1.29, 1.82) is 5.26 Å². The van der Waals surface area contributed by atoms with Gasteiger partial charge in [-0.3, -0.25) is 4.79 Å². The number of ether oxygens (including phenoxy) is 1. The molecule has 0 saturated heterocycles. The Morgan fingerprint density at radius 3 is 2.38 bits per heavy atom. The molecule has 0 bridgehead atoms. The van der Waals surface area contributed by atoms with E-state index in [-0.39, 0.29) is 22.8 Å². The Morgan fingerprint density at radius 2 is 1.94 bits per heavy atom. The molecule has 0 radical (unpaired) electrons. The van der Waals surface area contributed by atoms with Gasteiger partial charge in [0.1, 0.15) is 0 Å². The van der Waals surface area contributed by atoms with Gasteiger partial charge in [0, 0.05) is 5.56 Å². The first-order valence-electron chi connectivity index (χ1n) is 4.04. The highest BCUT2D eigenvalue weighted by Crippen LogP contribution is 2.17. The van der Waals surface area contributed by atoms with Crippen molar-refractivity contribution in [3.8, 4) is 6.26 Å². The van der Waals surface area contributed by atoms with Crippen LogP contribution >= 0.6 is 14.8 Å². The SMILES string of the molecule is N#COCC(=O)c1ccc(S(=O)(=O)Br)cc1. The van der Waals surface area contributed by atoms with Crippen LogP contribution in [-0.4, -0.2) is 20.8 Å². The van der Waals surface area contributed by atoms with Gasteiger partial charge in [0.2, 0.25) is 14.1 Å². The number of benzene rings is 1. The quantitative estimate of drug-likeness (QED) is 0.477. The van der Waals surface area contributed by atoms with Gasteiger partial charge in [-0.1, -0.05) is 0 Å². The minimum atomic E-state index is -3.44. The average Bonchev–Trinajstić information content (AvgIpc) is 2.25. The zero-order chi connectivity index (χ0) is 12.2. The molecule has 0 unspecified atom stereocenters. The molecule has 7 heteroatoms.